The monoisotopic (exact) mass is 525 g/mol. The van der Waals surface area contributed by atoms with Crippen LogP contribution in [-0.2, 0) is 30.4 Å². The predicted molar refractivity (Wildman–Crippen MR) is 131 cm³/mol. The van der Waals surface area contributed by atoms with Crippen molar-refractivity contribution in [2.75, 3.05) is 6.54 Å². The fourth-order valence-electron chi connectivity index (χ4n) is 3.20. The molecule has 0 aliphatic heterocycles. The predicted octanol–water partition coefficient (Wildman–Crippen LogP) is -3.00. The molecule has 0 bridgehead atoms. The molecule has 0 aliphatic rings. The fourth-order valence-corrected chi connectivity index (χ4v) is 3.20. The number of nitrogens with two attached hydrogens (primary N) is 3. The Morgan fingerprint density at radius 3 is 2.16 bits per heavy atom. The fraction of sp³-hybridized carbons (Fsp3) is 0.571. The lowest BCUT2D eigenvalue weighted by atomic mass is 10.0. The molecule has 0 radical (unpaired) electrons. The van der Waals surface area contributed by atoms with Crippen LogP contribution in [0.1, 0.15) is 38.8 Å². The van der Waals surface area contributed by atoms with Crippen molar-refractivity contribution in [3.8, 4) is 0 Å². The van der Waals surface area contributed by atoms with E-state index >= 15 is 0 Å². The number of carboxylic acid groups (broad SMARTS) is 2. The number of nitrogens with zero attached hydrogens (tertiary/aromatic N) is 2. The van der Waals surface area contributed by atoms with Gasteiger partial charge in [-0.15, -0.1) is 0 Å². The Hall–Kier alpha value is -4.21. The minimum absolute atomic E-state index is 0.0437. The summed E-state index contributed by atoms with van der Waals surface area (Å²) in [4.78, 5) is 71.5. The van der Waals surface area contributed by atoms with Gasteiger partial charge in [0.1, 0.15) is 18.1 Å². The molecule has 0 fully saturated rings. The molecule has 0 saturated heterocycles. The van der Waals surface area contributed by atoms with Crippen LogP contribution in [0.25, 0.3) is 0 Å². The SMILES string of the molecule is CC(C)C(NC(=O)C(CCCN=C(N)N)NC(=O)C(Cc1cnc[nH]1)NC(=O)C(N)CC(=O)O)C(=O)O. The Morgan fingerprint density at radius 1 is 1.03 bits per heavy atom. The molecular weight excluding hydrogens is 490 g/mol. The number of aromatic nitrogens is 2. The Balaban J connectivity index is 3.10. The molecule has 16 nitrogen and oxygen atoms in total. The number of hydrogen-bond donors (Lipinski definition) is 9. The molecule has 1 rings (SSSR count). The normalized spacial score (nSPS) is 14.1. The Morgan fingerprint density at radius 2 is 1.65 bits per heavy atom. The summed E-state index contributed by atoms with van der Waals surface area (Å²) in [5.74, 6) is -5.57. The van der Waals surface area contributed by atoms with E-state index in [-0.39, 0.29) is 31.8 Å². The number of nitrogens with one attached hydrogen (secondary N) is 4. The van der Waals surface area contributed by atoms with E-state index in [2.05, 4.69) is 30.9 Å². The molecule has 37 heavy (non-hydrogen) atoms. The molecule has 3 amide bonds. The van der Waals surface area contributed by atoms with Crippen LogP contribution in [0.15, 0.2) is 17.5 Å². The van der Waals surface area contributed by atoms with Crippen LogP contribution in [0.3, 0.4) is 0 Å². The number of rotatable bonds is 16. The summed E-state index contributed by atoms with van der Waals surface area (Å²) in [6.07, 6.45) is 2.34. The maximum absolute atomic E-state index is 13.2. The maximum atomic E-state index is 13.2. The van der Waals surface area contributed by atoms with Gasteiger partial charge < -0.3 is 48.3 Å². The Bertz CT molecular complexity index is 962. The molecule has 1 aromatic rings. The van der Waals surface area contributed by atoms with E-state index in [9.17, 15) is 29.1 Å². The molecule has 1 heterocycles. The second-order valence-corrected chi connectivity index (χ2v) is 8.63. The molecule has 0 saturated carbocycles. The number of imidazole rings is 1. The van der Waals surface area contributed by atoms with Gasteiger partial charge in [-0.05, 0) is 18.8 Å². The van der Waals surface area contributed by atoms with Crippen LogP contribution in [0.2, 0.25) is 0 Å². The number of guanidine groups is 1. The quantitative estimate of drug-likeness (QED) is 0.0595. The van der Waals surface area contributed by atoms with Gasteiger partial charge >= 0.3 is 11.9 Å². The minimum Gasteiger partial charge on any atom is -0.481 e. The molecule has 4 unspecified atom stereocenters. The lowest BCUT2D eigenvalue weighted by Gasteiger charge is -2.26. The van der Waals surface area contributed by atoms with E-state index < -0.39 is 66.2 Å². The van der Waals surface area contributed by atoms with Crippen molar-refractivity contribution in [2.24, 2.45) is 28.1 Å². The third-order valence-electron chi connectivity index (χ3n) is 5.15. The van der Waals surface area contributed by atoms with Gasteiger partial charge in [-0.3, -0.25) is 24.2 Å². The van der Waals surface area contributed by atoms with E-state index in [1.54, 1.807) is 13.8 Å². The number of aromatic amines is 1. The van der Waals surface area contributed by atoms with Crippen molar-refractivity contribution in [2.45, 2.75) is 63.7 Å². The Kier molecular flexibility index (Phi) is 12.5. The van der Waals surface area contributed by atoms with Gasteiger partial charge in [0, 0.05) is 24.9 Å². The zero-order chi connectivity index (χ0) is 28.1. The first-order valence-corrected chi connectivity index (χ1v) is 11.5. The second kappa shape index (κ2) is 15.0. The summed E-state index contributed by atoms with van der Waals surface area (Å²) < 4.78 is 0. The number of aliphatic imine (C=N–C) groups is 1. The van der Waals surface area contributed by atoms with E-state index in [4.69, 9.17) is 22.3 Å². The van der Waals surface area contributed by atoms with Crippen LogP contribution < -0.4 is 33.2 Å². The topological polar surface area (TPSA) is 281 Å². The van der Waals surface area contributed by atoms with Gasteiger partial charge in [-0.25, -0.2) is 9.78 Å². The highest BCUT2D eigenvalue weighted by Crippen LogP contribution is 2.07. The lowest BCUT2D eigenvalue weighted by Crippen LogP contribution is -2.58. The van der Waals surface area contributed by atoms with Crippen LogP contribution in [0.5, 0.6) is 0 Å². The van der Waals surface area contributed by atoms with Crippen LogP contribution in [0.4, 0.5) is 0 Å². The van der Waals surface area contributed by atoms with Crippen LogP contribution in [0, 0.1) is 5.92 Å². The van der Waals surface area contributed by atoms with Crippen molar-refractivity contribution < 1.29 is 34.2 Å². The molecule has 0 spiro atoms. The molecule has 0 aromatic carbocycles. The summed E-state index contributed by atoms with van der Waals surface area (Å²) in [5, 5.41) is 25.6. The van der Waals surface area contributed by atoms with Crippen LogP contribution >= 0.6 is 0 Å². The highest BCUT2D eigenvalue weighted by Gasteiger charge is 2.31. The van der Waals surface area contributed by atoms with Gasteiger partial charge in [-0.1, -0.05) is 13.8 Å². The zero-order valence-corrected chi connectivity index (χ0v) is 20.6. The average Bonchev–Trinajstić information content (AvgIpc) is 3.30. The van der Waals surface area contributed by atoms with Crippen molar-refractivity contribution in [1.29, 1.82) is 0 Å². The first kappa shape index (κ1) is 30.8. The van der Waals surface area contributed by atoms with E-state index in [0.29, 0.717) is 5.69 Å². The molecular formula is C21H35N9O7. The van der Waals surface area contributed by atoms with Crippen molar-refractivity contribution in [1.82, 2.24) is 25.9 Å². The smallest absolute Gasteiger partial charge is 0.326 e. The van der Waals surface area contributed by atoms with Crippen molar-refractivity contribution >= 4 is 35.6 Å². The highest BCUT2D eigenvalue weighted by atomic mass is 16.4. The van der Waals surface area contributed by atoms with Gasteiger partial charge in [-0.2, -0.15) is 0 Å². The number of amides is 3. The largest absolute Gasteiger partial charge is 0.481 e. The number of carbonyl (C=O) groups is 5. The summed E-state index contributed by atoms with van der Waals surface area (Å²) in [6.45, 7) is 3.37. The summed E-state index contributed by atoms with van der Waals surface area (Å²) >= 11 is 0. The number of aliphatic carboxylic acids is 2. The Labute approximate surface area is 212 Å². The van der Waals surface area contributed by atoms with E-state index in [1.165, 1.54) is 12.5 Å². The third-order valence-corrected chi connectivity index (χ3v) is 5.15. The summed E-state index contributed by atoms with van der Waals surface area (Å²) in [7, 11) is 0. The minimum atomic E-state index is -1.42. The van der Waals surface area contributed by atoms with Gasteiger partial charge in [0.15, 0.2) is 5.96 Å². The third kappa shape index (κ3) is 11.4. The lowest BCUT2D eigenvalue weighted by molar-refractivity contribution is -0.143. The number of hydrogen-bond acceptors (Lipinski definition) is 8. The second-order valence-electron chi connectivity index (χ2n) is 8.63. The molecule has 4 atom stereocenters. The molecule has 1 aromatic heterocycles. The van der Waals surface area contributed by atoms with E-state index in [1.807, 2.05) is 0 Å². The van der Waals surface area contributed by atoms with Gasteiger partial charge in [0.05, 0.1) is 18.8 Å². The number of carboxylic acids is 2. The highest BCUT2D eigenvalue weighted by molar-refractivity contribution is 5.94. The standard InChI is InChI=1S/C21H35N9O7/c1-10(2)16(20(36)37)30-18(34)13(4-3-5-26-21(23)24)28-19(35)14(6-11-8-25-9-27-11)29-17(33)12(22)7-15(31)32/h8-10,12-14,16H,3-7,22H2,1-2H3,(H,25,27)(H,28,35)(H,29,33)(H,30,34)(H,31,32)(H,36,37)(H4,23,24,26). The molecule has 12 N–H and O–H groups in total. The molecule has 206 valence electrons. The van der Waals surface area contributed by atoms with Crippen LogP contribution in [-0.4, -0.2) is 86.5 Å². The van der Waals surface area contributed by atoms with Gasteiger partial charge in [0.2, 0.25) is 17.7 Å². The summed E-state index contributed by atoms with van der Waals surface area (Å²) in [6, 6.07) is -5.09. The average molecular weight is 526 g/mol. The van der Waals surface area contributed by atoms with E-state index in [0.717, 1.165) is 0 Å². The summed E-state index contributed by atoms with van der Waals surface area (Å²) in [5.41, 5.74) is 16.7. The number of carbonyl (C=O) groups excluding carboxylic acids is 3. The van der Waals surface area contributed by atoms with Crippen molar-refractivity contribution in [3.05, 3.63) is 18.2 Å². The van der Waals surface area contributed by atoms with Crippen molar-refractivity contribution in [3.63, 3.8) is 0 Å². The molecule has 0 aliphatic carbocycles. The maximum Gasteiger partial charge on any atom is 0.326 e. The number of H-pyrrole nitrogens is 1. The zero-order valence-electron chi connectivity index (χ0n) is 20.6. The van der Waals surface area contributed by atoms with Gasteiger partial charge in [0.25, 0.3) is 0 Å². The first-order chi connectivity index (χ1) is 17.3. The molecule has 16 heteroatoms. The first-order valence-electron chi connectivity index (χ1n) is 11.5.